The summed E-state index contributed by atoms with van der Waals surface area (Å²) >= 11 is 0. The van der Waals surface area contributed by atoms with Crippen LogP contribution in [0.25, 0.3) is 0 Å². The molecule has 0 heterocycles. The largest absolute Gasteiger partial charge is 0.338 e. The zero-order valence-corrected chi connectivity index (χ0v) is 13.7. The Labute approximate surface area is 129 Å². The molecule has 0 aliphatic heterocycles. The number of rotatable bonds is 9. The zero-order valence-electron chi connectivity index (χ0n) is 13.7. The van der Waals surface area contributed by atoms with E-state index < -0.39 is 0 Å². The van der Waals surface area contributed by atoms with Crippen molar-refractivity contribution in [3.05, 3.63) is 35.9 Å². The van der Waals surface area contributed by atoms with Gasteiger partial charge in [-0.1, -0.05) is 57.5 Å². The Bertz CT molecular complexity index is 403. The number of nitrogens with zero attached hydrogens (tertiary/aromatic N) is 1. The van der Waals surface area contributed by atoms with E-state index in [1.165, 1.54) is 5.56 Å². The molecule has 0 aliphatic carbocycles. The van der Waals surface area contributed by atoms with Crippen LogP contribution in [0.1, 0.15) is 45.6 Å². The number of benzene rings is 1. The molecule has 3 nitrogen and oxygen atoms in total. The lowest BCUT2D eigenvalue weighted by atomic mass is 9.89. The molecular formula is C18H30N2O. The monoisotopic (exact) mass is 290 g/mol. The van der Waals surface area contributed by atoms with E-state index in [2.05, 4.69) is 32.9 Å². The van der Waals surface area contributed by atoms with E-state index in [1.807, 2.05) is 23.1 Å². The Morgan fingerprint density at radius 1 is 1.24 bits per heavy atom. The lowest BCUT2D eigenvalue weighted by Crippen LogP contribution is -2.34. The summed E-state index contributed by atoms with van der Waals surface area (Å²) in [4.78, 5) is 14.6. The van der Waals surface area contributed by atoms with Crippen LogP contribution in [0.2, 0.25) is 0 Å². The maximum absolute atomic E-state index is 12.6. The maximum Gasteiger partial charge on any atom is 0.223 e. The highest BCUT2D eigenvalue weighted by Crippen LogP contribution is 2.20. The highest BCUT2D eigenvalue weighted by atomic mass is 16.2. The first-order valence-electron chi connectivity index (χ1n) is 8.10. The van der Waals surface area contributed by atoms with Crippen molar-refractivity contribution in [2.24, 2.45) is 17.6 Å². The quantitative estimate of drug-likeness (QED) is 0.757. The van der Waals surface area contributed by atoms with Gasteiger partial charge in [0.05, 0.1) is 0 Å². The average molecular weight is 290 g/mol. The summed E-state index contributed by atoms with van der Waals surface area (Å²) in [5.74, 6) is 1.27. The molecule has 1 aromatic rings. The third kappa shape index (κ3) is 6.30. The highest BCUT2D eigenvalue weighted by molar-refractivity contribution is 5.76. The van der Waals surface area contributed by atoms with Gasteiger partial charge in [0, 0.05) is 19.5 Å². The smallest absolute Gasteiger partial charge is 0.223 e. The third-order valence-corrected chi connectivity index (χ3v) is 4.11. The molecule has 1 amide bonds. The highest BCUT2D eigenvalue weighted by Gasteiger charge is 2.20. The standard InChI is InChI=1S/C18H30N2O/c1-4-17(15(2)3)13-18(21)20(12-8-11-19)14-16-9-6-5-7-10-16/h5-7,9-10,15,17H,4,8,11-14,19H2,1-3H3. The van der Waals surface area contributed by atoms with Crippen molar-refractivity contribution in [2.45, 2.75) is 46.6 Å². The second kappa shape index (κ2) is 9.56. The predicted molar refractivity (Wildman–Crippen MR) is 88.8 cm³/mol. The fourth-order valence-corrected chi connectivity index (χ4v) is 2.58. The molecule has 0 saturated heterocycles. The van der Waals surface area contributed by atoms with E-state index in [9.17, 15) is 4.79 Å². The number of carbonyl (C=O) groups excluding carboxylic acids is 1. The summed E-state index contributed by atoms with van der Waals surface area (Å²) in [5, 5.41) is 0. The maximum atomic E-state index is 12.6. The van der Waals surface area contributed by atoms with Crippen molar-refractivity contribution in [1.82, 2.24) is 4.90 Å². The minimum atomic E-state index is 0.257. The Balaban J connectivity index is 2.69. The second-order valence-corrected chi connectivity index (χ2v) is 6.06. The Hall–Kier alpha value is -1.35. The molecule has 0 spiro atoms. The molecule has 1 unspecified atom stereocenters. The SMILES string of the molecule is CCC(CC(=O)N(CCCN)Cc1ccccc1)C(C)C. The molecular weight excluding hydrogens is 260 g/mol. The van der Waals surface area contributed by atoms with Gasteiger partial charge in [-0.25, -0.2) is 0 Å². The number of hydrogen-bond donors (Lipinski definition) is 1. The third-order valence-electron chi connectivity index (χ3n) is 4.11. The number of carbonyl (C=O) groups is 1. The first kappa shape index (κ1) is 17.7. The van der Waals surface area contributed by atoms with Gasteiger partial charge < -0.3 is 10.6 Å². The Morgan fingerprint density at radius 2 is 1.90 bits per heavy atom. The molecule has 3 heteroatoms. The van der Waals surface area contributed by atoms with E-state index >= 15 is 0 Å². The molecule has 0 aromatic heterocycles. The second-order valence-electron chi connectivity index (χ2n) is 6.06. The van der Waals surface area contributed by atoms with Gasteiger partial charge in [-0.3, -0.25) is 4.79 Å². The lowest BCUT2D eigenvalue weighted by Gasteiger charge is -2.26. The van der Waals surface area contributed by atoms with E-state index in [-0.39, 0.29) is 5.91 Å². The molecule has 1 rings (SSSR count). The van der Waals surface area contributed by atoms with Gasteiger partial charge in [0.15, 0.2) is 0 Å². The first-order valence-corrected chi connectivity index (χ1v) is 8.10. The molecule has 0 radical (unpaired) electrons. The van der Waals surface area contributed by atoms with Gasteiger partial charge in [0.2, 0.25) is 5.91 Å². The molecule has 0 aliphatic rings. The minimum Gasteiger partial charge on any atom is -0.338 e. The van der Waals surface area contributed by atoms with Gasteiger partial charge in [-0.15, -0.1) is 0 Å². The first-order chi connectivity index (χ1) is 10.1. The topological polar surface area (TPSA) is 46.3 Å². The molecule has 0 bridgehead atoms. The number of nitrogens with two attached hydrogens (primary N) is 1. The van der Waals surface area contributed by atoms with Crippen LogP contribution in [0.5, 0.6) is 0 Å². The molecule has 1 atom stereocenters. The van der Waals surface area contributed by atoms with Gasteiger partial charge in [-0.2, -0.15) is 0 Å². The van der Waals surface area contributed by atoms with Crippen LogP contribution in [0.15, 0.2) is 30.3 Å². The fourth-order valence-electron chi connectivity index (χ4n) is 2.58. The zero-order chi connectivity index (χ0) is 15.7. The Morgan fingerprint density at radius 3 is 2.43 bits per heavy atom. The summed E-state index contributed by atoms with van der Waals surface area (Å²) < 4.78 is 0. The minimum absolute atomic E-state index is 0.257. The van der Waals surface area contributed by atoms with Crippen LogP contribution < -0.4 is 5.73 Å². The summed E-state index contributed by atoms with van der Waals surface area (Å²) in [6, 6.07) is 10.2. The van der Waals surface area contributed by atoms with Crippen LogP contribution in [0.3, 0.4) is 0 Å². The van der Waals surface area contributed by atoms with Gasteiger partial charge in [0.25, 0.3) is 0 Å². The van der Waals surface area contributed by atoms with Crippen molar-refractivity contribution in [1.29, 1.82) is 0 Å². The van der Waals surface area contributed by atoms with Crippen molar-refractivity contribution < 1.29 is 4.79 Å². The van der Waals surface area contributed by atoms with Crippen LogP contribution in [-0.2, 0) is 11.3 Å². The van der Waals surface area contributed by atoms with Crippen molar-refractivity contribution >= 4 is 5.91 Å². The molecule has 1 aromatic carbocycles. The van der Waals surface area contributed by atoms with E-state index in [1.54, 1.807) is 0 Å². The molecule has 2 N–H and O–H groups in total. The van der Waals surface area contributed by atoms with E-state index in [0.29, 0.717) is 31.3 Å². The van der Waals surface area contributed by atoms with Gasteiger partial charge in [0.1, 0.15) is 0 Å². The molecule has 0 fully saturated rings. The van der Waals surface area contributed by atoms with E-state index in [0.717, 1.165) is 19.4 Å². The van der Waals surface area contributed by atoms with Crippen molar-refractivity contribution in [2.75, 3.05) is 13.1 Å². The van der Waals surface area contributed by atoms with Gasteiger partial charge >= 0.3 is 0 Å². The van der Waals surface area contributed by atoms with Gasteiger partial charge in [-0.05, 0) is 30.4 Å². The van der Waals surface area contributed by atoms with Crippen LogP contribution in [0.4, 0.5) is 0 Å². The van der Waals surface area contributed by atoms with Crippen LogP contribution >= 0.6 is 0 Å². The fraction of sp³-hybridized carbons (Fsp3) is 0.611. The molecule has 118 valence electrons. The summed E-state index contributed by atoms with van der Waals surface area (Å²) in [6.07, 6.45) is 2.56. The van der Waals surface area contributed by atoms with Crippen molar-refractivity contribution in [3.8, 4) is 0 Å². The predicted octanol–water partition coefficient (Wildman–Crippen LogP) is 3.44. The molecule has 0 saturated carbocycles. The summed E-state index contributed by atoms with van der Waals surface area (Å²) in [5.41, 5.74) is 6.79. The number of amides is 1. The van der Waals surface area contributed by atoms with Crippen LogP contribution in [-0.4, -0.2) is 23.9 Å². The average Bonchev–Trinajstić information content (AvgIpc) is 2.49. The van der Waals surface area contributed by atoms with Crippen LogP contribution in [0, 0.1) is 11.8 Å². The summed E-state index contributed by atoms with van der Waals surface area (Å²) in [7, 11) is 0. The number of hydrogen-bond acceptors (Lipinski definition) is 2. The van der Waals surface area contributed by atoms with E-state index in [4.69, 9.17) is 5.73 Å². The Kier molecular flexibility index (Phi) is 8.06. The van der Waals surface area contributed by atoms with Crippen molar-refractivity contribution in [3.63, 3.8) is 0 Å². The summed E-state index contributed by atoms with van der Waals surface area (Å²) in [6.45, 7) is 8.62. The normalized spacial score (nSPS) is 12.4. The molecule has 21 heavy (non-hydrogen) atoms. The lowest BCUT2D eigenvalue weighted by molar-refractivity contribution is -0.133.